The first-order chi connectivity index (χ1) is 4.80. The molecule has 0 N–H and O–H groups in total. The third-order valence-corrected chi connectivity index (χ3v) is 2.11. The Morgan fingerprint density at radius 3 is 2.90 bits per heavy atom. The van der Waals surface area contributed by atoms with Crippen molar-refractivity contribution in [2.75, 3.05) is 0 Å². The van der Waals surface area contributed by atoms with Crippen molar-refractivity contribution >= 4 is 12.6 Å². The second-order valence-electron chi connectivity index (χ2n) is 2.44. The lowest BCUT2D eigenvalue weighted by molar-refractivity contribution is 1.23. The molecule has 1 heteroatoms. The smallest absolute Gasteiger partial charge is 0.00371 e. The van der Waals surface area contributed by atoms with Crippen LogP contribution in [-0.2, 0) is 0 Å². The van der Waals surface area contributed by atoms with Gasteiger partial charge in [0, 0.05) is 0 Å². The zero-order chi connectivity index (χ0) is 7.40. The second kappa shape index (κ2) is 3.67. The molecule has 0 amide bonds. The van der Waals surface area contributed by atoms with Crippen LogP contribution in [0.1, 0.15) is 19.8 Å². The molecule has 0 unspecified atom stereocenters. The summed E-state index contributed by atoms with van der Waals surface area (Å²) in [5.74, 6) is 0. The van der Waals surface area contributed by atoms with Crippen molar-refractivity contribution in [2.24, 2.45) is 0 Å². The molecule has 0 atom stereocenters. The summed E-state index contributed by atoms with van der Waals surface area (Å²) in [6, 6.07) is 0. The third kappa shape index (κ3) is 2.07. The predicted molar refractivity (Wildman–Crippen MR) is 49.2 cm³/mol. The van der Waals surface area contributed by atoms with Crippen molar-refractivity contribution in [2.45, 2.75) is 19.8 Å². The van der Waals surface area contributed by atoms with E-state index in [9.17, 15) is 0 Å². The highest BCUT2D eigenvalue weighted by atomic mass is 32.1. The van der Waals surface area contributed by atoms with Crippen molar-refractivity contribution in [3.63, 3.8) is 0 Å². The fraction of sp³-hybridized carbons (Fsp3) is 0.333. The largest absolute Gasteiger partial charge is 0.147 e. The molecule has 1 aliphatic carbocycles. The topological polar surface area (TPSA) is 0 Å². The average molecular weight is 152 g/mol. The highest BCUT2D eigenvalue weighted by Crippen LogP contribution is 2.16. The molecule has 0 heterocycles. The van der Waals surface area contributed by atoms with Gasteiger partial charge in [-0.1, -0.05) is 24.3 Å². The number of thiol groups is 1. The molecule has 0 saturated heterocycles. The lowest BCUT2D eigenvalue weighted by atomic mass is 10.1. The Hall–Kier alpha value is -0.430. The first-order valence-electron chi connectivity index (χ1n) is 3.51. The van der Waals surface area contributed by atoms with Crippen LogP contribution in [0.15, 0.2) is 34.8 Å². The minimum absolute atomic E-state index is 0.985. The Balaban J connectivity index is 2.80. The van der Waals surface area contributed by atoms with Gasteiger partial charge in [-0.05, 0) is 30.2 Å². The minimum atomic E-state index is 0.985. The monoisotopic (exact) mass is 152 g/mol. The van der Waals surface area contributed by atoms with E-state index in [1.54, 1.807) is 0 Å². The van der Waals surface area contributed by atoms with Crippen LogP contribution in [0, 0.1) is 0 Å². The first-order valence-corrected chi connectivity index (χ1v) is 3.95. The van der Waals surface area contributed by atoms with Crippen molar-refractivity contribution in [3.8, 4) is 0 Å². The summed E-state index contributed by atoms with van der Waals surface area (Å²) in [7, 11) is 0. The third-order valence-electron chi connectivity index (χ3n) is 1.57. The first kappa shape index (κ1) is 7.67. The Kier molecular flexibility index (Phi) is 2.82. The van der Waals surface area contributed by atoms with Gasteiger partial charge >= 0.3 is 0 Å². The van der Waals surface area contributed by atoms with E-state index < -0.39 is 0 Å². The second-order valence-corrected chi connectivity index (χ2v) is 2.98. The molecule has 0 saturated carbocycles. The molecule has 0 bridgehead atoms. The van der Waals surface area contributed by atoms with Gasteiger partial charge in [-0.2, -0.15) is 0 Å². The molecule has 0 aromatic carbocycles. The van der Waals surface area contributed by atoms with Crippen LogP contribution < -0.4 is 0 Å². The standard InChI is InChI=1S/C9H12S/c1-8-6-4-2-3-5-7-9(8)10/h3-6,10H,2,7H2,1H3/b5-3?,6-4-,9-8+. The van der Waals surface area contributed by atoms with Gasteiger partial charge in [-0.3, -0.25) is 0 Å². The Morgan fingerprint density at radius 1 is 1.30 bits per heavy atom. The lowest BCUT2D eigenvalue weighted by Gasteiger charge is -2.00. The van der Waals surface area contributed by atoms with E-state index in [4.69, 9.17) is 0 Å². The SMILES string of the molecule is CC1=C(\S)CC=CC/C=C\1. The molecule has 1 aliphatic rings. The Labute approximate surface area is 67.7 Å². The Morgan fingerprint density at radius 2 is 2.10 bits per heavy atom. The summed E-state index contributed by atoms with van der Waals surface area (Å²) in [6.45, 7) is 2.10. The van der Waals surface area contributed by atoms with Crippen LogP contribution in [0.4, 0.5) is 0 Å². The van der Waals surface area contributed by atoms with E-state index in [0.29, 0.717) is 0 Å². The predicted octanol–water partition coefficient (Wildman–Crippen LogP) is 3.10. The zero-order valence-electron chi connectivity index (χ0n) is 6.17. The highest BCUT2D eigenvalue weighted by Gasteiger charge is 1.93. The van der Waals surface area contributed by atoms with Crippen molar-refractivity contribution in [1.29, 1.82) is 0 Å². The van der Waals surface area contributed by atoms with E-state index in [2.05, 4.69) is 43.9 Å². The highest BCUT2D eigenvalue weighted by molar-refractivity contribution is 7.84. The maximum absolute atomic E-state index is 4.35. The summed E-state index contributed by atoms with van der Waals surface area (Å²) in [4.78, 5) is 1.17. The van der Waals surface area contributed by atoms with Crippen molar-refractivity contribution in [3.05, 3.63) is 34.8 Å². The molecule has 0 fully saturated rings. The summed E-state index contributed by atoms with van der Waals surface area (Å²) < 4.78 is 0. The molecule has 0 spiro atoms. The molecule has 0 aliphatic heterocycles. The van der Waals surface area contributed by atoms with Gasteiger partial charge in [0.15, 0.2) is 0 Å². The molecular weight excluding hydrogens is 140 g/mol. The van der Waals surface area contributed by atoms with Gasteiger partial charge in [-0.15, -0.1) is 12.6 Å². The van der Waals surface area contributed by atoms with E-state index in [0.717, 1.165) is 12.8 Å². The van der Waals surface area contributed by atoms with E-state index >= 15 is 0 Å². The fourth-order valence-corrected chi connectivity index (χ4v) is 1.05. The van der Waals surface area contributed by atoms with Crippen LogP contribution in [0.2, 0.25) is 0 Å². The minimum Gasteiger partial charge on any atom is -0.147 e. The molecule has 0 aromatic heterocycles. The van der Waals surface area contributed by atoms with Crippen LogP contribution in [0.3, 0.4) is 0 Å². The van der Waals surface area contributed by atoms with Crippen LogP contribution >= 0.6 is 12.6 Å². The maximum atomic E-state index is 4.35. The Bertz CT molecular complexity index is 197. The molecule has 0 aromatic rings. The number of rotatable bonds is 0. The lowest BCUT2D eigenvalue weighted by Crippen LogP contribution is -1.79. The van der Waals surface area contributed by atoms with E-state index in [1.165, 1.54) is 10.5 Å². The van der Waals surface area contributed by atoms with Crippen LogP contribution in [0.25, 0.3) is 0 Å². The summed E-state index contributed by atoms with van der Waals surface area (Å²) in [5.41, 5.74) is 1.28. The molecule has 0 nitrogen and oxygen atoms in total. The van der Waals surface area contributed by atoms with Gasteiger partial charge in [0.25, 0.3) is 0 Å². The van der Waals surface area contributed by atoms with Crippen LogP contribution in [0.5, 0.6) is 0 Å². The van der Waals surface area contributed by atoms with Gasteiger partial charge in [0.05, 0.1) is 0 Å². The van der Waals surface area contributed by atoms with Gasteiger partial charge < -0.3 is 0 Å². The fourth-order valence-electron chi connectivity index (χ4n) is 0.872. The number of allylic oxidation sites excluding steroid dienone is 6. The average Bonchev–Trinajstić information content (AvgIpc) is 1.92. The van der Waals surface area contributed by atoms with E-state index in [1.807, 2.05) is 0 Å². The van der Waals surface area contributed by atoms with Gasteiger partial charge in [0.1, 0.15) is 0 Å². The number of hydrogen-bond acceptors (Lipinski definition) is 1. The van der Waals surface area contributed by atoms with Crippen molar-refractivity contribution in [1.82, 2.24) is 0 Å². The normalized spacial score (nSPS) is 29.4. The number of hydrogen-bond donors (Lipinski definition) is 1. The zero-order valence-corrected chi connectivity index (χ0v) is 7.07. The quantitative estimate of drug-likeness (QED) is 0.400. The maximum Gasteiger partial charge on any atom is -0.00371 e. The summed E-state index contributed by atoms with van der Waals surface area (Å²) in [6.07, 6.45) is 10.7. The van der Waals surface area contributed by atoms with Crippen molar-refractivity contribution < 1.29 is 0 Å². The summed E-state index contributed by atoms with van der Waals surface area (Å²) >= 11 is 4.35. The summed E-state index contributed by atoms with van der Waals surface area (Å²) in [5, 5.41) is 0. The molecule has 1 rings (SSSR count). The molecule has 54 valence electrons. The van der Waals surface area contributed by atoms with Gasteiger partial charge in [0.2, 0.25) is 0 Å². The van der Waals surface area contributed by atoms with Crippen LogP contribution in [-0.4, -0.2) is 0 Å². The molecule has 0 radical (unpaired) electrons. The molecular formula is C9H12S. The van der Waals surface area contributed by atoms with Gasteiger partial charge in [-0.25, -0.2) is 0 Å². The molecule has 10 heavy (non-hydrogen) atoms. The van der Waals surface area contributed by atoms with E-state index in [-0.39, 0.29) is 0 Å².